The number of hydrogen-bond acceptors (Lipinski definition) is 5. The van der Waals surface area contributed by atoms with Gasteiger partial charge in [0.25, 0.3) is 11.8 Å². The van der Waals surface area contributed by atoms with Crippen LogP contribution in [0.4, 0.5) is 5.69 Å². The molecule has 0 unspecified atom stereocenters. The van der Waals surface area contributed by atoms with E-state index in [2.05, 4.69) is 10.4 Å². The van der Waals surface area contributed by atoms with Crippen LogP contribution in [-0.2, 0) is 13.7 Å². The molecule has 3 rings (SSSR count). The number of nitrogens with one attached hydrogen (secondary N) is 1. The van der Waals surface area contributed by atoms with E-state index in [-0.39, 0.29) is 23.7 Å². The van der Waals surface area contributed by atoms with Gasteiger partial charge in [0.05, 0.1) is 11.9 Å². The van der Waals surface area contributed by atoms with E-state index in [1.807, 2.05) is 32.0 Å². The van der Waals surface area contributed by atoms with E-state index >= 15 is 0 Å². The molecule has 2 heterocycles. The molecule has 0 radical (unpaired) electrons. The van der Waals surface area contributed by atoms with Crippen LogP contribution in [0.3, 0.4) is 0 Å². The van der Waals surface area contributed by atoms with Gasteiger partial charge in [-0.3, -0.25) is 14.3 Å². The Labute approximate surface area is 155 Å². The smallest absolute Gasteiger partial charge is 0.291 e. The Morgan fingerprint density at radius 1 is 1.22 bits per heavy atom. The van der Waals surface area contributed by atoms with Gasteiger partial charge in [-0.25, -0.2) is 0 Å². The molecule has 0 aliphatic heterocycles. The fourth-order valence-corrected chi connectivity index (χ4v) is 2.75. The van der Waals surface area contributed by atoms with E-state index in [0.29, 0.717) is 5.76 Å². The van der Waals surface area contributed by atoms with Crippen LogP contribution in [0.15, 0.2) is 40.9 Å². The van der Waals surface area contributed by atoms with E-state index in [4.69, 9.17) is 14.9 Å². The number of para-hydroxylation sites is 1. The zero-order valence-corrected chi connectivity index (χ0v) is 15.3. The summed E-state index contributed by atoms with van der Waals surface area (Å²) in [7, 11) is 1.56. The molecule has 0 saturated carbocycles. The monoisotopic (exact) mass is 368 g/mol. The maximum absolute atomic E-state index is 12.4. The van der Waals surface area contributed by atoms with E-state index in [0.717, 1.165) is 16.9 Å². The van der Waals surface area contributed by atoms with Crippen LogP contribution in [-0.4, -0.2) is 21.6 Å². The van der Waals surface area contributed by atoms with Crippen LogP contribution in [0.25, 0.3) is 0 Å². The van der Waals surface area contributed by atoms with Gasteiger partial charge >= 0.3 is 0 Å². The molecule has 0 aliphatic rings. The molecule has 1 aromatic carbocycles. The van der Waals surface area contributed by atoms with E-state index in [1.54, 1.807) is 19.2 Å². The van der Waals surface area contributed by atoms with Gasteiger partial charge in [-0.05, 0) is 37.1 Å². The summed E-state index contributed by atoms with van der Waals surface area (Å²) in [4.78, 5) is 23.8. The van der Waals surface area contributed by atoms with E-state index < -0.39 is 11.8 Å². The third kappa shape index (κ3) is 3.84. The molecule has 3 aromatic rings. The molecule has 0 saturated heterocycles. The average Bonchev–Trinajstić information content (AvgIpc) is 3.21. The van der Waals surface area contributed by atoms with Crippen molar-refractivity contribution in [2.75, 3.05) is 5.32 Å². The SMILES string of the molecule is Cc1cccc(C)c1OCc1ccc(C(=O)Nc2cnn(C)c2C(N)=O)o1. The topological polar surface area (TPSA) is 112 Å². The fraction of sp³-hybridized carbons (Fsp3) is 0.211. The van der Waals surface area contributed by atoms with Gasteiger partial charge in [-0.15, -0.1) is 0 Å². The summed E-state index contributed by atoms with van der Waals surface area (Å²) in [6.07, 6.45) is 1.35. The number of benzene rings is 1. The van der Waals surface area contributed by atoms with Crippen molar-refractivity contribution in [1.29, 1.82) is 0 Å². The van der Waals surface area contributed by atoms with Crippen molar-refractivity contribution in [1.82, 2.24) is 9.78 Å². The van der Waals surface area contributed by atoms with Crippen LogP contribution < -0.4 is 15.8 Å². The Morgan fingerprint density at radius 2 is 1.93 bits per heavy atom. The Balaban J connectivity index is 1.69. The second-order valence-electron chi connectivity index (χ2n) is 6.12. The highest BCUT2D eigenvalue weighted by Crippen LogP contribution is 2.24. The van der Waals surface area contributed by atoms with Crippen molar-refractivity contribution in [2.45, 2.75) is 20.5 Å². The number of carbonyl (C=O) groups excluding carboxylic acids is 2. The second-order valence-corrected chi connectivity index (χ2v) is 6.12. The van der Waals surface area contributed by atoms with Gasteiger partial charge in [-0.1, -0.05) is 18.2 Å². The van der Waals surface area contributed by atoms with Gasteiger partial charge in [0.2, 0.25) is 0 Å². The lowest BCUT2D eigenvalue weighted by atomic mass is 10.1. The van der Waals surface area contributed by atoms with Gasteiger partial charge < -0.3 is 20.2 Å². The summed E-state index contributed by atoms with van der Waals surface area (Å²) < 4.78 is 12.7. The van der Waals surface area contributed by atoms with Gasteiger partial charge in [0, 0.05) is 7.05 Å². The van der Waals surface area contributed by atoms with Gasteiger partial charge in [0.1, 0.15) is 23.8 Å². The lowest BCUT2D eigenvalue weighted by molar-refractivity contribution is 0.0992. The first-order chi connectivity index (χ1) is 12.9. The standard InChI is InChI=1S/C19H20N4O4/c1-11-5-4-6-12(2)17(11)26-10-13-7-8-15(27-13)19(25)22-14-9-21-23(3)16(14)18(20)24/h4-9H,10H2,1-3H3,(H2,20,24)(H,22,25). The lowest BCUT2D eigenvalue weighted by Crippen LogP contribution is -2.20. The number of rotatable bonds is 6. The first-order valence-corrected chi connectivity index (χ1v) is 8.27. The molecule has 8 nitrogen and oxygen atoms in total. The average molecular weight is 368 g/mol. The molecule has 2 aromatic heterocycles. The summed E-state index contributed by atoms with van der Waals surface area (Å²) in [6.45, 7) is 4.12. The number of hydrogen-bond donors (Lipinski definition) is 2. The zero-order valence-electron chi connectivity index (χ0n) is 15.3. The van der Waals surface area contributed by atoms with Crippen LogP contribution in [0, 0.1) is 13.8 Å². The Hall–Kier alpha value is -3.55. The van der Waals surface area contributed by atoms with Crippen LogP contribution in [0.5, 0.6) is 5.75 Å². The number of anilines is 1. The molecule has 140 valence electrons. The molecule has 0 bridgehead atoms. The number of nitrogens with zero attached hydrogens (tertiary/aromatic N) is 2. The third-order valence-corrected chi connectivity index (χ3v) is 4.07. The van der Waals surface area contributed by atoms with Crippen molar-refractivity contribution in [3.8, 4) is 5.75 Å². The minimum atomic E-state index is -0.688. The molecule has 0 atom stereocenters. The number of carbonyl (C=O) groups is 2. The summed E-state index contributed by atoms with van der Waals surface area (Å²) in [5.41, 5.74) is 7.68. The quantitative estimate of drug-likeness (QED) is 0.694. The van der Waals surface area contributed by atoms with Crippen molar-refractivity contribution in [3.05, 3.63) is 64.9 Å². The van der Waals surface area contributed by atoms with Gasteiger partial charge in [0.15, 0.2) is 5.76 Å². The van der Waals surface area contributed by atoms with E-state index in [1.165, 1.54) is 10.9 Å². The molecule has 27 heavy (non-hydrogen) atoms. The number of aromatic nitrogens is 2. The molecular weight excluding hydrogens is 348 g/mol. The molecule has 0 spiro atoms. The van der Waals surface area contributed by atoms with Crippen LogP contribution in [0.2, 0.25) is 0 Å². The fourth-order valence-electron chi connectivity index (χ4n) is 2.75. The maximum atomic E-state index is 12.4. The highest BCUT2D eigenvalue weighted by atomic mass is 16.5. The number of furan rings is 1. The summed E-state index contributed by atoms with van der Waals surface area (Å²) >= 11 is 0. The van der Waals surface area contributed by atoms with Crippen molar-refractivity contribution in [3.63, 3.8) is 0 Å². The minimum absolute atomic E-state index is 0.0920. The Morgan fingerprint density at radius 3 is 2.59 bits per heavy atom. The summed E-state index contributed by atoms with van der Waals surface area (Å²) in [5.74, 6) is 0.191. The molecule has 2 amide bonds. The number of primary amides is 1. The van der Waals surface area contributed by atoms with Crippen LogP contribution in [0.1, 0.15) is 37.9 Å². The van der Waals surface area contributed by atoms with E-state index in [9.17, 15) is 9.59 Å². The number of ether oxygens (including phenoxy) is 1. The first-order valence-electron chi connectivity index (χ1n) is 8.27. The number of amides is 2. The predicted molar refractivity (Wildman–Crippen MR) is 98.6 cm³/mol. The minimum Gasteiger partial charge on any atom is -0.485 e. The Kier molecular flexibility index (Phi) is 4.98. The summed E-state index contributed by atoms with van der Waals surface area (Å²) in [6, 6.07) is 9.10. The highest BCUT2D eigenvalue weighted by molar-refractivity contribution is 6.06. The molecular formula is C19H20N4O4. The molecule has 0 aliphatic carbocycles. The summed E-state index contributed by atoms with van der Waals surface area (Å²) in [5, 5.41) is 6.50. The molecule has 0 fully saturated rings. The number of aryl methyl sites for hydroxylation is 3. The maximum Gasteiger partial charge on any atom is 0.291 e. The normalized spacial score (nSPS) is 10.6. The predicted octanol–water partition coefficient (Wildman–Crippen LogP) is 2.56. The second kappa shape index (κ2) is 7.36. The highest BCUT2D eigenvalue weighted by Gasteiger charge is 2.19. The van der Waals surface area contributed by atoms with Crippen LogP contribution >= 0.6 is 0 Å². The van der Waals surface area contributed by atoms with Crippen molar-refractivity contribution in [2.24, 2.45) is 12.8 Å². The van der Waals surface area contributed by atoms with Crippen molar-refractivity contribution >= 4 is 17.5 Å². The Bertz CT molecular complexity index is 983. The number of nitrogens with two attached hydrogens (primary N) is 1. The lowest BCUT2D eigenvalue weighted by Gasteiger charge is -2.10. The first kappa shape index (κ1) is 18.2. The van der Waals surface area contributed by atoms with Crippen molar-refractivity contribution < 1.29 is 18.7 Å². The zero-order chi connectivity index (χ0) is 19.6. The largest absolute Gasteiger partial charge is 0.485 e. The molecule has 8 heteroatoms. The van der Waals surface area contributed by atoms with Gasteiger partial charge in [-0.2, -0.15) is 5.10 Å². The third-order valence-electron chi connectivity index (χ3n) is 4.07. The molecule has 3 N–H and O–H groups in total.